The molecule has 2 nitrogen and oxygen atoms in total. The second-order valence-corrected chi connectivity index (χ2v) is 6.11. The standard InChI is InChI=1S/C15H22ClFN2/c1-10(2)11-5-6-19(9-11)15(8-18)13-4-3-12(17)7-14(13)16/h3-4,7,10-11,15H,5-6,8-9,18H2,1-2H3. The van der Waals surface area contributed by atoms with Gasteiger partial charge in [0, 0.05) is 24.2 Å². The van der Waals surface area contributed by atoms with Crippen molar-refractivity contribution in [1.29, 1.82) is 0 Å². The van der Waals surface area contributed by atoms with Crippen LogP contribution in [0, 0.1) is 17.7 Å². The Balaban J connectivity index is 2.16. The van der Waals surface area contributed by atoms with Crippen LogP contribution in [0.2, 0.25) is 5.02 Å². The third-order valence-electron chi connectivity index (χ3n) is 4.18. The second-order valence-electron chi connectivity index (χ2n) is 5.71. The summed E-state index contributed by atoms with van der Waals surface area (Å²) in [5, 5.41) is 0.475. The van der Waals surface area contributed by atoms with Crippen LogP contribution in [0.3, 0.4) is 0 Å². The van der Waals surface area contributed by atoms with Gasteiger partial charge in [-0.15, -0.1) is 0 Å². The topological polar surface area (TPSA) is 29.3 Å². The van der Waals surface area contributed by atoms with E-state index in [0.29, 0.717) is 23.4 Å². The molecule has 1 aromatic carbocycles. The van der Waals surface area contributed by atoms with Gasteiger partial charge in [-0.3, -0.25) is 4.90 Å². The van der Waals surface area contributed by atoms with Crippen molar-refractivity contribution in [2.24, 2.45) is 17.6 Å². The third kappa shape index (κ3) is 3.28. The maximum atomic E-state index is 13.1. The van der Waals surface area contributed by atoms with E-state index >= 15 is 0 Å². The highest BCUT2D eigenvalue weighted by Crippen LogP contribution is 2.33. The lowest BCUT2D eigenvalue weighted by atomic mass is 9.95. The Morgan fingerprint density at radius 2 is 2.21 bits per heavy atom. The molecule has 106 valence electrons. The molecule has 0 radical (unpaired) electrons. The summed E-state index contributed by atoms with van der Waals surface area (Å²) in [6.07, 6.45) is 1.20. The van der Waals surface area contributed by atoms with Crippen LogP contribution in [-0.2, 0) is 0 Å². The first-order valence-corrected chi connectivity index (χ1v) is 7.29. The minimum absolute atomic E-state index is 0.0943. The maximum absolute atomic E-state index is 13.1. The Bertz CT molecular complexity index is 436. The molecule has 0 bridgehead atoms. The number of halogens is 2. The predicted molar refractivity (Wildman–Crippen MR) is 77.7 cm³/mol. The van der Waals surface area contributed by atoms with E-state index in [-0.39, 0.29) is 11.9 Å². The first kappa shape index (κ1) is 14.8. The Morgan fingerprint density at radius 3 is 2.74 bits per heavy atom. The summed E-state index contributed by atoms with van der Waals surface area (Å²) in [7, 11) is 0. The highest BCUT2D eigenvalue weighted by molar-refractivity contribution is 6.31. The summed E-state index contributed by atoms with van der Waals surface area (Å²) in [5.74, 6) is 1.10. The fourth-order valence-electron chi connectivity index (χ4n) is 2.89. The van der Waals surface area contributed by atoms with Crippen LogP contribution < -0.4 is 5.73 Å². The summed E-state index contributed by atoms with van der Waals surface area (Å²) in [6.45, 7) is 7.12. The van der Waals surface area contributed by atoms with Crippen LogP contribution in [0.5, 0.6) is 0 Å². The second kappa shape index (κ2) is 6.21. The van der Waals surface area contributed by atoms with Gasteiger partial charge in [-0.25, -0.2) is 4.39 Å². The first-order valence-electron chi connectivity index (χ1n) is 6.92. The largest absolute Gasteiger partial charge is 0.329 e. The van der Waals surface area contributed by atoms with Gasteiger partial charge < -0.3 is 5.73 Å². The molecule has 0 spiro atoms. The highest BCUT2D eigenvalue weighted by Gasteiger charge is 2.30. The van der Waals surface area contributed by atoms with Crippen LogP contribution in [0.25, 0.3) is 0 Å². The van der Waals surface area contributed by atoms with Gasteiger partial charge in [0.1, 0.15) is 5.82 Å². The van der Waals surface area contributed by atoms with Crippen molar-refractivity contribution in [1.82, 2.24) is 4.90 Å². The molecule has 0 amide bonds. The molecule has 1 heterocycles. The Labute approximate surface area is 119 Å². The lowest BCUT2D eigenvalue weighted by molar-refractivity contribution is 0.232. The summed E-state index contributed by atoms with van der Waals surface area (Å²) < 4.78 is 13.1. The monoisotopic (exact) mass is 284 g/mol. The molecular formula is C15H22ClFN2. The quantitative estimate of drug-likeness (QED) is 0.917. The molecule has 0 saturated carbocycles. The molecule has 1 aliphatic heterocycles. The van der Waals surface area contributed by atoms with E-state index in [9.17, 15) is 4.39 Å². The van der Waals surface area contributed by atoms with Crippen molar-refractivity contribution < 1.29 is 4.39 Å². The van der Waals surface area contributed by atoms with E-state index in [2.05, 4.69) is 18.7 Å². The molecule has 1 aromatic rings. The minimum atomic E-state index is -0.300. The zero-order valence-corrected chi connectivity index (χ0v) is 12.3. The number of nitrogens with zero attached hydrogens (tertiary/aromatic N) is 1. The van der Waals surface area contributed by atoms with Crippen molar-refractivity contribution in [3.63, 3.8) is 0 Å². The van der Waals surface area contributed by atoms with E-state index < -0.39 is 0 Å². The average molecular weight is 285 g/mol. The fourth-order valence-corrected chi connectivity index (χ4v) is 3.18. The lowest BCUT2D eigenvalue weighted by Gasteiger charge is -2.28. The molecule has 4 heteroatoms. The van der Waals surface area contributed by atoms with Gasteiger partial charge in [-0.1, -0.05) is 31.5 Å². The summed E-state index contributed by atoms with van der Waals surface area (Å²) in [4.78, 5) is 2.38. The first-order chi connectivity index (χ1) is 9.02. The number of nitrogens with two attached hydrogens (primary N) is 1. The van der Waals surface area contributed by atoms with Gasteiger partial charge in [0.25, 0.3) is 0 Å². The molecule has 0 aromatic heterocycles. The van der Waals surface area contributed by atoms with Gasteiger partial charge in [-0.2, -0.15) is 0 Å². The van der Waals surface area contributed by atoms with Crippen LogP contribution in [0.15, 0.2) is 18.2 Å². The summed E-state index contributed by atoms with van der Waals surface area (Å²) >= 11 is 6.16. The van der Waals surface area contributed by atoms with Gasteiger partial charge in [-0.05, 0) is 42.5 Å². The van der Waals surface area contributed by atoms with Crippen molar-refractivity contribution in [2.45, 2.75) is 26.3 Å². The van der Waals surface area contributed by atoms with Gasteiger partial charge >= 0.3 is 0 Å². The number of likely N-dealkylation sites (tertiary alicyclic amines) is 1. The van der Waals surface area contributed by atoms with E-state index in [1.54, 1.807) is 6.07 Å². The summed E-state index contributed by atoms with van der Waals surface area (Å²) in [6, 6.07) is 4.68. The average Bonchev–Trinajstić information content (AvgIpc) is 2.82. The van der Waals surface area contributed by atoms with Crippen LogP contribution >= 0.6 is 11.6 Å². The Kier molecular flexibility index (Phi) is 4.82. The van der Waals surface area contributed by atoms with E-state index in [4.69, 9.17) is 17.3 Å². The van der Waals surface area contributed by atoms with Crippen LogP contribution in [-0.4, -0.2) is 24.5 Å². The van der Waals surface area contributed by atoms with Crippen LogP contribution in [0.4, 0.5) is 4.39 Å². The lowest BCUT2D eigenvalue weighted by Crippen LogP contribution is -2.32. The molecule has 1 fully saturated rings. The predicted octanol–water partition coefficient (Wildman–Crippen LogP) is 3.46. The van der Waals surface area contributed by atoms with E-state index in [1.807, 2.05) is 0 Å². The van der Waals surface area contributed by atoms with Gasteiger partial charge in [0.05, 0.1) is 0 Å². The number of hydrogen-bond donors (Lipinski definition) is 1. The molecule has 0 aliphatic carbocycles. The molecule has 2 unspecified atom stereocenters. The minimum Gasteiger partial charge on any atom is -0.329 e. The van der Waals surface area contributed by atoms with Gasteiger partial charge in [0.2, 0.25) is 0 Å². The molecule has 2 atom stereocenters. The molecule has 2 N–H and O–H groups in total. The normalized spacial score (nSPS) is 22.1. The fraction of sp³-hybridized carbons (Fsp3) is 0.600. The highest BCUT2D eigenvalue weighted by atomic mass is 35.5. The SMILES string of the molecule is CC(C)C1CCN(C(CN)c2ccc(F)cc2Cl)C1. The number of rotatable bonds is 4. The summed E-state index contributed by atoms with van der Waals surface area (Å²) in [5.41, 5.74) is 6.86. The molecule has 19 heavy (non-hydrogen) atoms. The number of benzene rings is 1. The van der Waals surface area contributed by atoms with E-state index in [1.165, 1.54) is 18.6 Å². The third-order valence-corrected chi connectivity index (χ3v) is 4.51. The van der Waals surface area contributed by atoms with Crippen molar-refractivity contribution in [3.8, 4) is 0 Å². The smallest absolute Gasteiger partial charge is 0.124 e. The van der Waals surface area contributed by atoms with Crippen molar-refractivity contribution >= 4 is 11.6 Å². The van der Waals surface area contributed by atoms with E-state index in [0.717, 1.165) is 18.7 Å². The molecule has 2 rings (SSSR count). The van der Waals surface area contributed by atoms with Crippen LogP contribution in [0.1, 0.15) is 31.9 Å². The van der Waals surface area contributed by atoms with Crippen molar-refractivity contribution in [2.75, 3.05) is 19.6 Å². The Hall–Kier alpha value is -0.640. The Morgan fingerprint density at radius 1 is 1.47 bits per heavy atom. The zero-order valence-electron chi connectivity index (χ0n) is 11.6. The van der Waals surface area contributed by atoms with Crippen molar-refractivity contribution in [3.05, 3.63) is 34.6 Å². The zero-order chi connectivity index (χ0) is 14.0. The molecule has 1 saturated heterocycles. The molecular weight excluding hydrogens is 263 g/mol. The number of hydrogen-bond acceptors (Lipinski definition) is 2. The maximum Gasteiger partial charge on any atom is 0.124 e. The molecule has 1 aliphatic rings. The van der Waals surface area contributed by atoms with Gasteiger partial charge in [0.15, 0.2) is 0 Å².